The van der Waals surface area contributed by atoms with E-state index in [-0.39, 0.29) is 0 Å². The smallest absolute Gasteiger partial charge is 0.00771 e. The van der Waals surface area contributed by atoms with Gasteiger partial charge in [-0.2, -0.15) is 0 Å². The van der Waals surface area contributed by atoms with Gasteiger partial charge in [0.1, 0.15) is 0 Å². The molecule has 0 spiro atoms. The minimum Gasteiger partial charge on any atom is -0.330 e. The second-order valence-corrected chi connectivity index (χ2v) is 4.27. The van der Waals surface area contributed by atoms with Gasteiger partial charge in [-0.15, -0.1) is 0 Å². The first-order chi connectivity index (χ1) is 5.77. The molecule has 0 heterocycles. The summed E-state index contributed by atoms with van der Waals surface area (Å²) in [6.45, 7) is 3.25. The second-order valence-electron chi connectivity index (χ2n) is 4.27. The minimum absolute atomic E-state index is 0.548. The maximum atomic E-state index is 5.53. The topological polar surface area (TPSA) is 26.0 Å². The third-order valence-corrected chi connectivity index (χ3v) is 2.91. The standard InChI is InChI=1S/C11H21N/c1-11(9-6-10-12)7-4-2-3-5-8-11/h2,4H,3,5-10,12H2,1H3. The van der Waals surface area contributed by atoms with E-state index < -0.39 is 0 Å². The van der Waals surface area contributed by atoms with Gasteiger partial charge in [0, 0.05) is 0 Å². The molecule has 0 aromatic carbocycles. The normalized spacial score (nSPS) is 30.2. The highest BCUT2D eigenvalue weighted by molar-refractivity contribution is 4.92. The van der Waals surface area contributed by atoms with Gasteiger partial charge in [-0.25, -0.2) is 0 Å². The lowest BCUT2D eigenvalue weighted by Gasteiger charge is -2.27. The third-order valence-electron chi connectivity index (χ3n) is 2.91. The van der Waals surface area contributed by atoms with Crippen molar-refractivity contribution >= 4 is 0 Å². The van der Waals surface area contributed by atoms with Crippen molar-refractivity contribution in [2.45, 2.75) is 45.4 Å². The van der Waals surface area contributed by atoms with Crippen LogP contribution in [0, 0.1) is 5.41 Å². The van der Waals surface area contributed by atoms with E-state index in [1.807, 2.05) is 0 Å². The van der Waals surface area contributed by atoms with Gasteiger partial charge in [0.2, 0.25) is 0 Å². The third kappa shape index (κ3) is 2.98. The van der Waals surface area contributed by atoms with E-state index in [0.29, 0.717) is 5.41 Å². The summed E-state index contributed by atoms with van der Waals surface area (Å²) in [5, 5.41) is 0. The molecular formula is C11H21N. The Labute approximate surface area is 76.0 Å². The zero-order valence-electron chi connectivity index (χ0n) is 8.18. The van der Waals surface area contributed by atoms with Gasteiger partial charge in [0.15, 0.2) is 0 Å². The monoisotopic (exact) mass is 167 g/mol. The van der Waals surface area contributed by atoms with Crippen molar-refractivity contribution in [3.63, 3.8) is 0 Å². The van der Waals surface area contributed by atoms with E-state index in [4.69, 9.17) is 5.73 Å². The summed E-state index contributed by atoms with van der Waals surface area (Å²) in [5.41, 5.74) is 6.07. The minimum atomic E-state index is 0.548. The Bertz CT molecular complexity index is 151. The molecule has 2 N–H and O–H groups in total. The molecule has 0 bridgehead atoms. The quantitative estimate of drug-likeness (QED) is 0.643. The molecule has 70 valence electrons. The van der Waals surface area contributed by atoms with Crippen LogP contribution in [0.3, 0.4) is 0 Å². The molecule has 0 aromatic rings. The zero-order valence-corrected chi connectivity index (χ0v) is 8.18. The average molecular weight is 167 g/mol. The lowest BCUT2D eigenvalue weighted by Crippen LogP contribution is -2.16. The van der Waals surface area contributed by atoms with E-state index in [1.54, 1.807) is 0 Å². The molecule has 1 rings (SSSR count). The number of nitrogens with two attached hydrogens (primary N) is 1. The molecule has 0 radical (unpaired) electrons. The molecule has 0 aliphatic heterocycles. The summed E-state index contributed by atoms with van der Waals surface area (Å²) in [6, 6.07) is 0. The van der Waals surface area contributed by atoms with Crippen LogP contribution in [0.25, 0.3) is 0 Å². The fourth-order valence-corrected chi connectivity index (χ4v) is 1.99. The Balaban J connectivity index is 2.38. The molecule has 1 heteroatoms. The Morgan fingerprint density at radius 2 is 2.25 bits per heavy atom. The van der Waals surface area contributed by atoms with E-state index in [1.165, 1.54) is 38.5 Å². The van der Waals surface area contributed by atoms with Crippen molar-refractivity contribution in [2.75, 3.05) is 6.54 Å². The van der Waals surface area contributed by atoms with Gasteiger partial charge in [0.05, 0.1) is 0 Å². The first kappa shape index (κ1) is 9.79. The fourth-order valence-electron chi connectivity index (χ4n) is 1.99. The maximum absolute atomic E-state index is 5.53. The van der Waals surface area contributed by atoms with Crippen LogP contribution in [-0.2, 0) is 0 Å². The first-order valence-electron chi connectivity index (χ1n) is 5.12. The van der Waals surface area contributed by atoms with Crippen LogP contribution in [0.5, 0.6) is 0 Å². The van der Waals surface area contributed by atoms with Crippen molar-refractivity contribution in [3.05, 3.63) is 12.2 Å². The van der Waals surface area contributed by atoms with Gasteiger partial charge < -0.3 is 5.73 Å². The molecular weight excluding hydrogens is 146 g/mol. The van der Waals surface area contributed by atoms with Gasteiger partial charge >= 0.3 is 0 Å². The predicted octanol–water partition coefficient (Wildman–Crippen LogP) is 2.86. The number of hydrogen-bond acceptors (Lipinski definition) is 1. The molecule has 0 saturated carbocycles. The van der Waals surface area contributed by atoms with Crippen molar-refractivity contribution in [1.82, 2.24) is 0 Å². The Kier molecular flexibility index (Phi) is 3.80. The number of rotatable bonds is 3. The van der Waals surface area contributed by atoms with Gasteiger partial charge in [-0.05, 0) is 50.5 Å². The zero-order chi connectivity index (χ0) is 8.86. The molecule has 0 fully saturated rings. The van der Waals surface area contributed by atoms with Crippen LogP contribution in [-0.4, -0.2) is 6.54 Å². The second kappa shape index (κ2) is 4.66. The summed E-state index contributed by atoms with van der Waals surface area (Å²) in [6.07, 6.45) is 12.4. The summed E-state index contributed by atoms with van der Waals surface area (Å²) in [4.78, 5) is 0. The van der Waals surface area contributed by atoms with E-state index >= 15 is 0 Å². The van der Waals surface area contributed by atoms with Crippen LogP contribution in [0.15, 0.2) is 12.2 Å². The molecule has 1 unspecified atom stereocenters. The molecule has 1 nitrogen and oxygen atoms in total. The summed E-state index contributed by atoms with van der Waals surface area (Å²) >= 11 is 0. The lowest BCUT2D eigenvalue weighted by molar-refractivity contribution is 0.268. The van der Waals surface area contributed by atoms with Crippen molar-refractivity contribution < 1.29 is 0 Å². The van der Waals surface area contributed by atoms with Gasteiger partial charge in [-0.3, -0.25) is 0 Å². The van der Waals surface area contributed by atoms with Gasteiger partial charge in [-0.1, -0.05) is 19.1 Å². The van der Waals surface area contributed by atoms with Crippen LogP contribution >= 0.6 is 0 Å². The lowest BCUT2D eigenvalue weighted by atomic mass is 9.79. The van der Waals surface area contributed by atoms with E-state index in [9.17, 15) is 0 Å². The SMILES string of the molecule is CC1(CCCN)CC=CCCC1. The van der Waals surface area contributed by atoms with E-state index in [2.05, 4.69) is 19.1 Å². The van der Waals surface area contributed by atoms with Crippen molar-refractivity contribution in [3.8, 4) is 0 Å². The number of hydrogen-bond donors (Lipinski definition) is 1. The average Bonchev–Trinajstić information content (AvgIpc) is 2.27. The Morgan fingerprint density at radius 3 is 3.00 bits per heavy atom. The maximum Gasteiger partial charge on any atom is -0.00771 e. The van der Waals surface area contributed by atoms with Gasteiger partial charge in [0.25, 0.3) is 0 Å². The molecule has 0 saturated heterocycles. The highest BCUT2D eigenvalue weighted by atomic mass is 14.5. The predicted molar refractivity (Wildman–Crippen MR) is 54.0 cm³/mol. The molecule has 0 amide bonds. The highest BCUT2D eigenvalue weighted by Crippen LogP contribution is 2.35. The van der Waals surface area contributed by atoms with Crippen LogP contribution in [0.4, 0.5) is 0 Å². The Hall–Kier alpha value is -0.300. The number of allylic oxidation sites excluding steroid dienone is 2. The van der Waals surface area contributed by atoms with Crippen LogP contribution in [0.2, 0.25) is 0 Å². The molecule has 12 heavy (non-hydrogen) atoms. The summed E-state index contributed by atoms with van der Waals surface area (Å²) in [7, 11) is 0. The Morgan fingerprint density at radius 1 is 1.42 bits per heavy atom. The van der Waals surface area contributed by atoms with Crippen LogP contribution in [0.1, 0.15) is 45.4 Å². The molecule has 1 aliphatic carbocycles. The van der Waals surface area contributed by atoms with Crippen molar-refractivity contribution in [1.29, 1.82) is 0 Å². The first-order valence-corrected chi connectivity index (χ1v) is 5.12. The molecule has 1 atom stereocenters. The van der Waals surface area contributed by atoms with E-state index in [0.717, 1.165) is 6.54 Å². The van der Waals surface area contributed by atoms with Crippen LogP contribution < -0.4 is 5.73 Å². The van der Waals surface area contributed by atoms with Crippen molar-refractivity contribution in [2.24, 2.45) is 11.1 Å². The summed E-state index contributed by atoms with van der Waals surface area (Å²) in [5.74, 6) is 0. The largest absolute Gasteiger partial charge is 0.330 e. The molecule has 0 aromatic heterocycles. The molecule has 1 aliphatic rings. The summed E-state index contributed by atoms with van der Waals surface area (Å²) < 4.78 is 0. The fraction of sp³-hybridized carbons (Fsp3) is 0.818. The highest BCUT2D eigenvalue weighted by Gasteiger charge is 2.22.